The summed E-state index contributed by atoms with van der Waals surface area (Å²) in [7, 11) is 0. The highest BCUT2D eigenvalue weighted by atomic mass is 15.1. The van der Waals surface area contributed by atoms with Gasteiger partial charge in [0.1, 0.15) is 17.5 Å². The second kappa shape index (κ2) is 5.47. The molecule has 0 unspecified atom stereocenters. The van der Waals surface area contributed by atoms with Gasteiger partial charge in [0.2, 0.25) is 0 Å². The number of hydrogen-bond donors (Lipinski definition) is 2. The molecular formula is C17H30N4. The molecule has 0 bridgehead atoms. The smallest absolute Gasteiger partial charge is 0.134 e. The van der Waals surface area contributed by atoms with Gasteiger partial charge in [-0.2, -0.15) is 0 Å². The normalized spacial score (nSPS) is 19.4. The highest BCUT2D eigenvalue weighted by molar-refractivity contribution is 5.57. The molecule has 1 saturated carbocycles. The summed E-state index contributed by atoms with van der Waals surface area (Å²) in [6, 6.07) is 0. The van der Waals surface area contributed by atoms with Crippen LogP contribution in [0.5, 0.6) is 0 Å². The third-order valence-electron chi connectivity index (χ3n) is 5.65. The molecule has 0 spiro atoms. The van der Waals surface area contributed by atoms with Crippen molar-refractivity contribution in [2.75, 3.05) is 23.7 Å². The van der Waals surface area contributed by atoms with Gasteiger partial charge in [-0.25, -0.2) is 9.97 Å². The molecule has 0 radical (unpaired) electrons. The Balaban J connectivity index is 2.15. The van der Waals surface area contributed by atoms with Gasteiger partial charge >= 0.3 is 0 Å². The Morgan fingerprint density at radius 1 is 0.952 bits per heavy atom. The van der Waals surface area contributed by atoms with Crippen molar-refractivity contribution in [3.8, 4) is 0 Å². The Morgan fingerprint density at radius 2 is 1.48 bits per heavy atom. The Labute approximate surface area is 129 Å². The lowest BCUT2D eigenvalue weighted by Crippen LogP contribution is -2.14. The Kier molecular flexibility index (Phi) is 4.18. The molecule has 2 rings (SSSR count). The first kappa shape index (κ1) is 16.1. The molecule has 0 saturated heterocycles. The summed E-state index contributed by atoms with van der Waals surface area (Å²) >= 11 is 0. The lowest BCUT2D eigenvalue weighted by atomic mass is 10.0. The minimum absolute atomic E-state index is 0.402. The van der Waals surface area contributed by atoms with Crippen LogP contribution in [0.4, 0.5) is 11.6 Å². The largest absolute Gasteiger partial charge is 0.370 e. The molecule has 2 N–H and O–H groups in total. The van der Waals surface area contributed by atoms with Crippen LogP contribution in [0.3, 0.4) is 0 Å². The predicted octanol–water partition coefficient (Wildman–Crippen LogP) is 3.87. The van der Waals surface area contributed by atoms with Crippen molar-refractivity contribution >= 4 is 11.6 Å². The lowest BCUT2D eigenvalue weighted by Gasteiger charge is -2.14. The van der Waals surface area contributed by atoms with Crippen LogP contribution >= 0.6 is 0 Å². The van der Waals surface area contributed by atoms with Gasteiger partial charge in [-0.15, -0.1) is 0 Å². The van der Waals surface area contributed by atoms with Gasteiger partial charge in [0, 0.05) is 25.1 Å². The van der Waals surface area contributed by atoms with Gasteiger partial charge in [0.25, 0.3) is 0 Å². The number of aryl methyl sites for hydroxylation is 1. The van der Waals surface area contributed by atoms with E-state index in [4.69, 9.17) is 0 Å². The van der Waals surface area contributed by atoms with E-state index in [2.05, 4.69) is 69.1 Å². The van der Waals surface area contributed by atoms with Crippen LogP contribution in [-0.4, -0.2) is 23.1 Å². The number of hydrogen-bond acceptors (Lipinski definition) is 4. The fraction of sp³-hybridized carbons (Fsp3) is 0.765. The second-order valence-electron chi connectivity index (χ2n) is 7.22. The SMILES string of the molecule is CCNc1nc(CC)nc(NCC2C(C)(C)C2(C)C)c1C. The van der Waals surface area contributed by atoms with Crippen molar-refractivity contribution in [1.29, 1.82) is 0 Å². The molecule has 4 heteroatoms. The van der Waals surface area contributed by atoms with Gasteiger partial charge in [0.05, 0.1) is 0 Å². The topological polar surface area (TPSA) is 49.8 Å². The van der Waals surface area contributed by atoms with Crippen molar-refractivity contribution in [3.05, 3.63) is 11.4 Å². The fourth-order valence-electron chi connectivity index (χ4n) is 3.27. The summed E-state index contributed by atoms with van der Waals surface area (Å²) in [6.45, 7) is 17.5. The summed E-state index contributed by atoms with van der Waals surface area (Å²) in [6.07, 6.45) is 0.855. The first-order valence-electron chi connectivity index (χ1n) is 8.10. The number of nitrogens with one attached hydrogen (secondary N) is 2. The molecule has 1 aliphatic carbocycles. The maximum atomic E-state index is 4.67. The van der Waals surface area contributed by atoms with Crippen molar-refractivity contribution in [2.24, 2.45) is 16.7 Å². The number of nitrogens with zero attached hydrogens (tertiary/aromatic N) is 2. The van der Waals surface area contributed by atoms with Gasteiger partial charge < -0.3 is 10.6 Å². The molecule has 0 amide bonds. The zero-order valence-corrected chi connectivity index (χ0v) is 14.6. The fourth-order valence-corrected chi connectivity index (χ4v) is 3.27. The van der Waals surface area contributed by atoms with E-state index in [0.29, 0.717) is 16.7 Å². The molecule has 1 aromatic heterocycles. The standard InChI is InChI=1S/C17H30N4/c1-8-13-20-14(18-9-2)11(3)15(21-13)19-10-12-16(4,5)17(12,6)7/h12H,8-10H2,1-7H3,(H2,18,19,20,21). The average Bonchev–Trinajstić information content (AvgIpc) is 2.81. The van der Waals surface area contributed by atoms with Crippen molar-refractivity contribution in [3.63, 3.8) is 0 Å². The summed E-state index contributed by atoms with van der Waals surface area (Å²) in [5, 5.41) is 6.90. The van der Waals surface area contributed by atoms with E-state index < -0.39 is 0 Å². The minimum Gasteiger partial charge on any atom is -0.370 e. The lowest BCUT2D eigenvalue weighted by molar-refractivity contribution is 0.457. The van der Waals surface area contributed by atoms with Crippen molar-refractivity contribution in [2.45, 2.75) is 54.9 Å². The highest BCUT2D eigenvalue weighted by Crippen LogP contribution is 2.68. The Morgan fingerprint density at radius 3 is 1.90 bits per heavy atom. The first-order chi connectivity index (χ1) is 9.75. The minimum atomic E-state index is 0.402. The van der Waals surface area contributed by atoms with E-state index in [9.17, 15) is 0 Å². The quantitative estimate of drug-likeness (QED) is 0.835. The van der Waals surface area contributed by atoms with E-state index in [1.54, 1.807) is 0 Å². The van der Waals surface area contributed by atoms with Crippen LogP contribution < -0.4 is 10.6 Å². The maximum Gasteiger partial charge on any atom is 0.134 e. The van der Waals surface area contributed by atoms with Gasteiger partial charge in [-0.05, 0) is 30.6 Å². The van der Waals surface area contributed by atoms with Gasteiger partial charge in [-0.1, -0.05) is 34.6 Å². The van der Waals surface area contributed by atoms with E-state index in [1.165, 1.54) is 0 Å². The molecule has 0 aromatic carbocycles. The molecule has 4 nitrogen and oxygen atoms in total. The number of aromatic nitrogens is 2. The molecule has 1 aliphatic rings. The zero-order valence-electron chi connectivity index (χ0n) is 14.6. The highest BCUT2D eigenvalue weighted by Gasteiger charge is 2.64. The molecule has 1 aromatic rings. The number of rotatable bonds is 6. The third-order valence-corrected chi connectivity index (χ3v) is 5.65. The van der Waals surface area contributed by atoms with Crippen LogP contribution in [-0.2, 0) is 6.42 Å². The van der Waals surface area contributed by atoms with Crippen LogP contribution in [0.2, 0.25) is 0 Å². The predicted molar refractivity (Wildman–Crippen MR) is 89.9 cm³/mol. The molecule has 118 valence electrons. The van der Waals surface area contributed by atoms with Crippen molar-refractivity contribution in [1.82, 2.24) is 9.97 Å². The third kappa shape index (κ3) is 2.72. The van der Waals surface area contributed by atoms with E-state index in [-0.39, 0.29) is 0 Å². The molecule has 0 atom stereocenters. The van der Waals surface area contributed by atoms with E-state index >= 15 is 0 Å². The molecule has 1 heterocycles. The Bertz CT molecular complexity index is 506. The zero-order chi connectivity index (χ0) is 15.8. The van der Waals surface area contributed by atoms with E-state index in [1.807, 2.05) is 0 Å². The molecule has 21 heavy (non-hydrogen) atoms. The van der Waals surface area contributed by atoms with Crippen LogP contribution in [0.25, 0.3) is 0 Å². The molecular weight excluding hydrogens is 260 g/mol. The number of anilines is 2. The summed E-state index contributed by atoms with van der Waals surface area (Å²) in [5.74, 6) is 3.53. The van der Waals surface area contributed by atoms with Crippen LogP contribution in [0.15, 0.2) is 0 Å². The van der Waals surface area contributed by atoms with Gasteiger partial charge in [-0.3, -0.25) is 0 Å². The molecule has 0 aliphatic heterocycles. The average molecular weight is 290 g/mol. The summed E-state index contributed by atoms with van der Waals surface area (Å²) in [5.41, 5.74) is 1.92. The van der Waals surface area contributed by atoms with Crippen LogP contribution in [0, 0.1) is 23.7 Å². The first-order valence-corrected chi connectivity index (χ1v) is 8.10. The monoisotopic (exact) mass is 290 g/mol. The maximum absolute atomic E-state index is 4.67. The van der Waals surface area contributed by atoms with E-state index in [0.717, 1.165) is 42.5 Å². The molecule has 1 fully saturated rings. The summed E-state index contributed by atoms with van der Waals surface area (Å²) in [4.78, 5) is 9.25. The second-order valence-corrected chi connectivity index (χ2v) is 7.22. The Hall–Kier alpha value is -1.32. The summed E-state index contributed by atoms with van der Waals surface area (Å²) < 4.78 is 0. The van der Waals surface area contributed by atoms with Crippen molar-refractivity contribution < 1.29 is 0 Å². The van der Waals surface area contributed by atoms with Gasteiger partial charge in [0.15, 0.2) is 0 Å². The van der Waals surface area contributed by atoms with Crippen LogP contribution in [0.1, 0.15) is 52.9 Å².